The number of carbonyl (C=O) groups excluding carboxylic acids is 1. The molecule has 5 nitrogen and oxygen atoms in total. The summed E-state index contributed by atoms with van der Waals surface area (Å²) in [6, 6.07) is 0. The molecule has 1 heterocycles. The number of carboxylic acid groups (broad SMARTS) is 1. The van der Waals surface area contributed by atoms with E-state index in [4.69, 9.17) is 5.11 Å². The average Bonchev–Trinajstić information content (AvgIpc) is 2.53. The molecule has 6 heteroatoms. The molecule has 1 rings (SSSR count). The molecule has 16 heavy (non-hydrogen) atoms. The van der Waals surface area contributed by atoms with Gasteiger partial charge >= 0.3 is 5.97 Å². The number of aliphatic carboxylic acids is 1. The van der Waals surface area contributed by atoms with Crippen molar-refractivity contribution in [2.45, 2.75) is 20.8 Å². The molecule has 0 radical (unpaired) electrons. The molecule has 0 aliphatic rings. The Morgan fingerprint density at radius 3 is 2.44 bits per heavy atom. The zero-order valence-electron chi connectivity index (χ0n) is 9.48. The van der Waals surface area contributed by atoms with Crippen LogP contribution < -0.4 is 0 Å². The van der Waals surface area contributed by atoms with E-state index in [0.29, 0.717) is 12.2 Å². The van der Waals surface area contributed by atoms with Crippen molar-refractivity contribution in [2.75, 3.05) is 13.1 Å². The van der Waals surface area contributed by atoms with E-state index in [9.17, 15) is 9.59 Å². The number of carbonyl (C=O) groups is 2. The van der Waals surface area contributed by atoms with E-state index < -0.39 is 5.97 Å². The van der Waals surface area contributed by atoms with E-state index in [1.54, 1.807) is 6.92 Å². The predicted octanol–water partition coefficient (Wildman–Crippen LogP) is 1.31. The van der Waals surface area contributed by atoms with Gasteiger partial charge in [-0.2, -0.15) is 0 Å². The number of amides is 1. The topological polar surface area (TPSA) is 70.5 Å². The highest BCUT2D eigenvalue weighted by atomic mass is 32.1. The van der Waals surface area contributed by atoms with Gasteiger partial charge in [0.05, 0.1) is 5.01 Å². The lowest BCUT2D eigenvalue weighted by Gasteiger charge is -2.17. The maximum Gasteiger partial charge on any atom is 0.323 e. The molecule has 0 aliphatic carbocycles. The maximum atomic E-state index is 12.0. The summed E-state index contributed by atoms with van der Waals surface area (Å²) in [5.74, 6) is -1.33. The lowest BCUT2D eigenvalue weighted by Crippen LogP contribution is -2.35. The van der Waals surface area contributed by atoms with Crippen LogP contribution in [0, 0.1) is 13.8 Å². The maximum absolute atomic E-state index is 12.0. The van der Waals surface area contributed by atoms with Crippen LogP contribution in [0.15, 0.2) is 0 Å². The lowest BCUT2D eigenvalue weighted by molar-refractivity contribution is -0.137. The summed E-state index contributed by atoms with van der Waals surface area (Å²) >= 11 is 1.44. The van der Waals surface area contributed by atoms with Crippen LogP contribution >= 0.6 is 11.3 Å². The minimum Gasteiger partial charge on any atom is -0.480 e. The van der Waals surface area contributed by atoms with Crippen molar-refractivity contribution in [3.8, 4) is 0 Å². The third-order valence-corrected chi connectivity index (χ3v) is 2.99. The second-order valence-corrected chi connectivity index (χ2v) is 4.76. The van der Waals surface area contributed by atoms with Crippen molar-refractivity contribution in [3.05, 3.63) is 15.6 Å². The monoisotopic (exact) mass is 242 g/mol. The molecule has 0 bridgehead atoms. The third-order valence-electron chi connectivity index (χ3n) is 2.10. The Bertz CT molecular complexity index is 414. The first kappa shape index (κ1) is 12.6. The smallest absolute Gasteiger partial charge is 0.323 e. The number of hydrogen-bond acceptors (Lipinski definition) is 4. The Morgan fingerprint density at radius 1 is 1.44 bits per heavy atom. The normalized spacial score (nSPS) is 10.2. The van der Waals surface area contributed by atoms with Crippen molar-refractivity contribution in [1.82, 2.24) is 9.88 Å². The van der Waals surface area contributed by atoms with Gasteiger partial charge < -0.3 is 10.0 Å². The van der Waals surface area contributed by atoms with Gasteiger partial charge in [-0.3, -0.25) is 9.59 Å². The first-order valence-corrected chi connectivity index (χ1v) is 5.72. The molecule has 1 N–H and O–H groups in total. The summed E-state index contributed by atoms with van der Waals surface area (Å²) in [4.78, 5) is 28.7. The van der Waals surface area contributed by atoms with Gasteiger partial charge in [0.2, 0.25) is 0 Å². The van der Waals surface area contributed by atoms with Crippen LogP contribution in [0.3, 0.4) is 0 Å². The molecule has 0 aromatic carbocycles. The highest BCUT2D eigenvalue weighted by Crippen LogP contribution is 2.17. The molecule has 88 valence electrons. The van der Waals surface area contributed by atoms with Crippen LogP contribution in [0.4, 0.5) is 0 Å². The lowest BCUT2D eigenvalue weighted by atomic mass is 10.3. The second kappa shape index (κ2) is 5.07. The van der Waals surface area contributed by atoms with Gasteiger partial charge in [0.15, 0.2) is 0 Å². The van der Waals surface area contributed by atoms with Crippen molar-refractivity contribution in [3.63, 3.8) is 0 Å². The number of rotatable bonds is 4. The van der Waals surface area contributed by atoms with E-state index in [-0.39, 0.29) is 12.5 Å². The zero-order valence-corrected chi connectivity index (χ0v) is 10.3. The first-order chi connectivity index (χ1) is 7.45. The average molecular weight is 242 g/mol. The fourth-order valence-electron chi connectivity index (χ4n) is 1.37. The number of thiazole rings is 1. The van der Waals surface area contributed by atoms with Crippen LogP contribution in [-0.2, 0) is 4.79 Å². The summed E-state index contributed by atoms with van der Waals surface area (Å²) in [5.41, 5.74) is 0.366. The highest BCUT2D eigenvalue weighted by Gasteiger charge is 2.21. The summed E-state index contributed by atoms with van der Waals surface area (Å²) in [5, 5.41) is 9.49. The predicted molar refractivity (Wildman–Crippen MR) is 60.8 cm³/mol. The molecule has 0 spiro atoms. The number of aromatic nitrogens is 1. The van der Waals surface area contributed by atoms with Crippen molar-refractivity contribution in [1.29, 1.82) is 0 Å². The van der Waals surface area contributed by atoms with E-state index in [1.807, 2.05) is 13.8 Å². The van der Waals surface area contributed by atoms with Crippen LogP contribution in [0.5, 0.6) is 0 Å². The summed E-state index contributed by atoms with van der Waals surface area (Å²) < 4.78 is 0. The van der Waals surface area contributed by atoms with Gasteiger partial charge in [-0.1, -0.05) is 0 Å². The number of aryl methyl sites for hydroxylation is 2. The molecule has 0 saturated heterocycles. The highest BCUT2D eigenvalue weighted by molar-refractivity contribution is 7.11. The Kier molecular flexibility index (Phi) is 4.00. The molecule has 1 aromatic rings. The van der Waals surface area contributed by atoms with E-state index >= 15 is 0 Å². The number of hydrogen-bond donors (Lipinski definition) is 1. The summed E-state index contributed by atoms with van der Waals surface area (Å²) in [6.07, 6.45) is 0. The molecule has 0 fully saturated rings. The van der Waals surface area contributed by atoms with Crippen molar-refractivity contribution >= 4 is 23.2 Å². The molecule has 0 atom stereocenters. The zero-order chi connectivity index (χ0) is 12.3. The molecule has 1 aromatic heterocycles. The van der Waals surface area contributed by atoms with Crippen molar-refractivity contribution in [2.24, 2.45) is 0 Å². The van der Waals surface area contributed by atoms with E-state index in [1.165, 1.54) is 16.2 Å². The standard InChI is InChI=1S/C10H14N2O3S/c1-4-12(5-8(13)14)10(15)9-6(2)16-7(3)11-9/h4-5H2,1-3H3,(H,13,14). The Morgan fingerprint density at radius 2 is 2.06 bits per heavy atom. The van der Waals surface area contributed by atoms with Crippen molar-refractivity contribution < 1.29 is 14.7 Å². The van der Waals surface area contributed by atoms with Gasteiger partial charge in [-0.25, -0.2) is 4.98 Å². The molecule has 0 saturated carbocycles. The van der Waals surface area contributed by atoms with Gasteiger partial charge in [0, 0.05) is 11.4 Å². The van der Waals surface area contributed by atoms with Crippen LogP contribution in [0.25, 0.3) is 0 Å². The minimum absolute atomic E-state index is 0.286. The largest absolute Gasteiger partial charge is 0.480 e. The molecular weight excluding hydrogens is 228 g/mol. The Labute approximate surface area is 97.7 Å². The van der Waals surface area contributed by atoms with Gasteiger partial charge in [0.1, 0.15) is 12.2 Å². The number of likely N-dealkylation sites (N-methyl/N-ethyl adjacent to an activating group) is 1. The second-order valence-electron chi connectivity index (χ2n) is 3.35. The van der Waals surface area contributed by atoms with E-state index in [0.717, 1.165) is 9.88 Å². The molecule has 1 amide bonds. The minimum atomic E-state index is -1.01. The first-order valence-electron chi connectivity index (χ1n) is 4.90. The molecule has 0 unspecified atom stereocenters. The van der Waals surface area contributed by atoms with Crippen LogP contribution in [0.1, 0.15) is 27.3 Å². The Balaban J connectivity index is 2.91. The van der Waals surface area contributed by atoms with Crippen LogP contribution in [0.2, 0.25) is 0 Å². The fourth-order valence-corrected chi connectivity index (χ4v) is 2.18. The fraction of sp³-hybridized carbons (Fsp3) is 0.500. The molecule has 0 aliphatic heterocycles. The van der Waals surface area contributed by atoms with Gasteiger partial charge in [-0.05, 0) is 20.8 Å². The SMILES string of the molecule is CCN(CC(=O)O)C(=O)c1nc(C)sc1C. The number of carboxylic acids is 1. The summed E-state index contributed by atoms with van der Waals surface area (Å²) in [6.45, 7) is 5.45. The van der Waals surface area contributed by atoms with Crippen LogP contribution in [-0.4, -0.2) is 40.0 Å². The Hall–Kier alpha value is -1.43. The summed E-state index contributed by atoms with van der Waals surface area (Å²) in [7, 11) is 0. The third kappa shape index (κ3) is 2.79. The quantitative estimate of drug-likeness (QED) is 0.864. The number of nitrogens with zero attached hydrogens (tertiary/aromatic N) is 2. The van der Waals surface area contributed by atoms with Gasteiger partial charge in [-0.15, -0.1) is 11.3 Å². The molecular formula is C10H14N2O3S. The van der Waals surface area contributed by atoms with E-state index in [2.05, 4.69) is 4.98 Å². The van der Waals surface area contributed by atoms with Gasteiger partial charge in [0.25, 0.3) is 5.91 Å².